The first-order chi connectivity index (χ1) is 19.4. The highest BCUT2D eigenvalue weighted by molar-refractivity contribution is 5.31. The Hall–Kier alpha value is -3.36. The van der Waals surface area contributed by atoms with Crippen molar-refractivity contribution in [1.82, 2.24) is 0 Å². The number of benzene rings is 4. The number of hydrogen-bond donors (Lipinski definition) is 4. The third kappa shape index (κ3) is 5.47. The normalized spacial score (nSPS) is 28.3. The van der Waals surface area contributed by atoms with Gasteiger partial charge in [0.15, 0.2) is 5.60 Å². The minimum atomic E-state index is -2.14. The summed E-state index contributed by atoms with van der Waals surface area (Å²) in [7, 11) is 0. The molecule has 0 bridgehead atoms. The molecule has 0 spiro atoms. The largest absolute Gasteiger partial charge is 0.394 e. The zero-order valence-electron chi connectivity index (χ0n) is 22.3. The van der Waals surface area contributed by atoms with Crippen LogP contribution >= 0.6 is 0 Å². The SMILES string of the molecule is OC[C@H]1OC(O)(Cc2ccccc2)[C@](Cc2ccccc2)(OCc2ccccc2)[C@](O)(Cc2ccccc2)[C@@H]1O. The molecule has 1 saturated heterocycles. The maximum atomic E-state index is 12.8. The topological polar surface area (TPSA) is 99.4 Å². The fourth-order valence-electron chi connectivity index (χ4n) is 5.89. The Bertz CT molecular complexity index is 1340. The van der Waals surface area contributed by atoms with Crippen molar-refractivity contribution in [1.29, 1.82) is 0 Å². The maximum Gasteiger partial charge on any atom is 0.203 e. The van der Waals surface area contributed by atoms with E-state index in [0.29, 0.717) is 0 Å². The first kappa shape index (κ1) is 28.2. The van der Waals surface area contributed by atoms with E-state index in [0.717, 1.165) is 22.3 Å². The summed E-state index contributed by atoms with van der Waals surface area (Å²) in [6.45, 7) is -0.558. The molecule has 0 saturated carbocycles. The number of aliphatic hydroxyl groups excluding tert-OH is 2. The Labute approximate surface area is 235 Å². The molecule has 40 heavy (non-hydrogen) atoms. The summed E-state index contributed by atoms with van der Waals surface area (Å²) >= 11 is 0. The Balaban J connectivity index is 1.72. The molecule has 0 radical (unpaired) electrons. The predicted octanol–water partition coefficient (Wildman–Crippen LogP) is 3.84. The number of ether oxygens (including phenoxy) is 2. The fourth-order valence-corrected chi connectivity index (χ4v) is 5.89. The van der Waals surface area contributed by atoms with Gasteiger partial charge in [-0.1, -0.05) is 121 Å². The molecule has 0 aromatic heterocycles. The van der Waals surface area contributed by atoms with Gasteiger partial charge in [0, 0.05) is 19.3 Å². The monoisotopic (exact) mass is 540 g/mol. The molecule has 0 aliphatic carbocycles. The van der Waals surface area contributed by atoms with Crippen LogP contribution in [0.2, 0.25) is 0 Å². The van der Waals surface area contributed by atoms with Crippen molar-refractivity contribution in [2.45, 2.75) is 55.1 Å². The predicted molar refractivity (Wildman–Crippen MR) is 152 cm³/mol. The van der Waals surface area contributed by atoms with E-state index >= 15 is 0 Å². The molecular formula is C34H36O6. The zero-order valence-corrected chi connectivity index (χ0v) is 22.3. The van der Waals surface area contributed by atoms with Gasteiger partial charge >= 0.3 is 0 Å². The Morgan fingerprint density at radius 3 is 1.50 bits per heavy atom. The van der Waals surface area contributed by atoms with Crippen LogP contribution in [0.15, 0.2) is 121 Å². The molecule has 1 heterocycles. The van der Waals surface area contributed by atoms with Gasteiger partial charge in [-0.3, -0.25) is 0 Å². The van der Waals surface area contributed by atoms with Crippen LogP contribution in [0.3, 0.4) is 0 Å². The van der Waals surface area contributed by atoms with Gasteiger partial charge in [-0.05, 0) is 22.3 Å². The van der Waals surface area contributed by atoms with Crippen LogP contribution in [0.5, 0.6) is 0 Å². The van der Waals surface area contributed by atoms with Crippen molar-refractivity contribution in [3.63, 3.8) is 0 Å². The molecule has 4 N–H and O–H groups in total. The molecule has 1 fully saturated rings. The summed E-state index contributed by atoms with van der Waals surface area (Å²) in [5, 5.41) is 47.5. The minimum absolute atomic E-state index is 0.0303. The van der Waals surface area contributed by atoms with Crippen LogP contribution in [0.25, 0.3) is 0 Å². The van der Waals surface area contributed by atoms with E-state index in [4.69, 9.17) is 9.47 Å². The Kier molecular flexibility index (Phi) is 8.47. The van der Waals surface area contributed by atoms with E-state index in [2.05, 4.69) is 0 Å². The second-order valence-electron chi connectivity index (χ2n) is 10.6. The lowest BCUT2D eigenvalue weighted by Crippen LogP contribution is -2.82. The number of rotatable bonds is 10. The van der Waals surface area contributed by atoms with Gasteiger partial charge in [0.05, 0.1) is 13.2 Å². The summed E-state index contributed by atoms with van der Waals surface area (Å²) in [5.41, 5.74) is -0.835. The molecular weight excluding hydrogens is 504 g/mol. The first-order valence-electron chi connectivity index (χ1n) is 13.6. The van der Waals surface area contributed by atoms with Crippen LogP contribution in [0, 0.1) is 0 Å². The Morgan fingerprint density at radius 2 is 1.02 bits per heavy atom. The molecule has 1 aliphatic rings. The summed E-state index contributed by atoms with van der Waals surface area (Å²) in [5.74, 6) is -2.14. The summed E-state index contributed by atoms with van der Waals surface area (Å²) in [4.78, 5) is 0. The van der Waals surface area contributed by atoms with E-state index in [-0.39, 0.29) is 25.9 Å². The van der Waals surface area contributed by atoms with E-state index in [9.17, 15) is 20.4 Å². The standard InChI is InChI=1S/C34H36O6/c35-24-30-31(36)32(37,21-26-13-5-1-6-14-26)33(22-27-15-7-2-8-16-27,39-25-29-19-11-4-12-20-29)34(38,40-30)23-28-17-9-3-10-18-28/h1-20,30-31,35-38H,21-25H2/t30-,31-,32+,33-,34?/m1/s1. The lowest BCUT2D eigenvalue weighted by atomic mass is 9.63. The average Bonchev–Trinajstić information content (AvgIpc) is 2.99. The van der Waals surface area contributed by atoms with Crippen molar-refractivity contribution in [3.8, 4) is 0 Å². The van der Waals surface area contributed by atoms with Gasteiger partial charge in [0.1, 0.15) is 17.8 Å². The van der Waals surface area contributed by atoms with Gasteiger partial charge in [0.25, 0.3) is 0 Å². The number of aliphatic hydroxyl groups is 4. The third-order valence-electron chi connectivity index (χ3n) is 7.93. The van der Waals surface area contributed by atoms with Gasteiger partial charge in [-0.15, -0.1) is 0 Å². The van der Waals surface area contributed by atoms with Crippen molar-refractivity contribution < 1.29 is 29.9 Å². The molecule has 6 nitrogen and oxygen atoms in total. The number of hydrogen-bond acceptors (Lipinski definition) is 6. The summed E-state index contributed by atoms with van der Waals surface area (Å²) in [6.07, 6.45) is -2.90. The highest BCUT2D eigenvalue weighted by Gasteiger charge is 2.72. The molecule has 4 aromatic carbocycles. The highest BCUT2D eigenvalue weighted by atomic mass is 16.7. The fraction of sp³-hybridized carbons (Fsp3) is 0.294. The second kappa shape index (κ2) is 12.0. The van der Waals surface area contributed by atoms with Crippen molar-refractivity contribution in [3.05, 3.63) is 144 Å². The zero-order chi connectivity index (χ0) is 28.1. The summed E-state index contributed by atoms with van der Waals surface area (Å²) < 4.78 is 13.0. The smallest absolute Gasteiger partial charge is 0.203 e. The molecule has 1 unspecified atom stereocenters. The van der Waals surface area contributed by atoms with Gasteiger partial charge < -0.3 is 29.9 Å². The van der Waals surface area contributed by atoms with Gasteiger partial charge in [0.2, 0.25) is 5.79 Å². The minimum Gasteiger partial charge on any atom is -0.394 e. The van der Waals surface area contributed by atoms with E-state index in [1.54, 1.807) is 0 Å². The van der Waals surface area contributed by atoms with Crippen molar-refractivity contribution in [2.75, 3.05) is 6.61 Å². The molecule has 1 aliphatic heterocycles. The summed E-state index contributed by atoms with van der Waals surface area (Å²) in [6, 6.07) is 37.5. The Morgan fingerprint density at radius 1 is 0.600 bits per heavy atom. The molecule has 0 amide bonds. The van der Waals surface area contributed by atoms with Crippen LogP contribution in [0.1, 0.15) is 22.3 Å². The average molecular weight is 541 g/mol. The van der Waals surface area contributed by atoms with Crippen LogP contribution in [-0.4, -0.2) is 56.2 Å². The highest BCUT2D eigenvalue weighted by Crippen LogP contribution is 2.51. The third-order valence-corrected chi connectivity index (χ3v) is 7.93. The van der Waals surface area contributed by atoms with E-state index < -0.39 is 35.8 Å². The first-order valence-corrected chi connectivity index (χ1v) is 13.6. The molecule has 208 valence electrons. The molecule has 6 heteroatoms. The lowest BCUT2D eigenvalue weighted by Gasteiger charge is -2.61. The molecule has 5 atom stereocenters. The quantitative estimate of drug-likeness (QED) is 0.244. The van der Waals surface area contributed by atoms with E-state index in [1.807, 2.05) is 121 Å². The molecule has 5 rings (SSSR count). The van der Waals surface area contributed by atoms with E-state index in [1.165, 1.54) is 0 Å². The lowest BCUT2D eigenvalue weighted by molar-refractivity contribution is -0.426. The van der Waals surface area contributed by atoms with Crippen LogP contribution < -0.4 is 0 Å². The maximum absolute atomic E-state index is 12.8. The van der Waals surface area contributed by atoms with Gasteiger partial charge in [-0.25, -0.2) is 0 Å². The van der Waals surface area contributed by atoms with Crippen molar-refractivity contribution in [2.24, 2.45) is 0 Å². The van der Waals surface area contributed by atoms with Gasteiger partial charge in [-0.2, -0.15) is 0 Å². The second-order valence-corrected chi connectivity index (χ2v) is 10.6. The van der Waals surface area contributed by atoms with Crippen LogP contribution in [0.4, 0.5) is 0 Å². The van der Waals surface area contributed by atoms with Crippen molar-refractivity contribution >= 4 is 0 Å². The van der Waals surface area contributed by atoms with Crippen LogP contribution in [-0.2, 0) is 35.3 Å². The molecule has 4 aromatic rings.